The fourth-order valence-electron chi connectivity index (χ4n) is 6.82. The molecule has 0 aliphatic rings. The molecule has 0 saturated carbocycles. The van der Waals surface area contributed by atoms with Gasteiger partial charge < -0.3 is 68.2 Å². The van der Waals surface area contributed by atoms with Crippen molar-refractivity contribution < 1.29 is 73.5 Å². The molecule has 0 aliphatic heterocycles. The van der Waals surface area contributed by atoms with E-state index in [0.29, 0.717) is 27.6 Å². The molecule has 6 amide bonds. The van der Waals surface area contributed by atoms with E-state index in [2.05, 4.69) is 36.9 Å². The molecule has 0 aliphatic carbocycles. The van der Waals surface area contributed by atoms with Gasteiger partial charge in [-0.25, -0.2) is 4.79 Å². The zero-order valence-electron chi connectivity index (χ0n) is 36.3. The van der Waals surface area contributed by atoms with Crippen molar-refractivity contribution >= 4 is 70.2 Å². The SMILES string of the molecule is N[C@@H](CCC(=O)O)C(=O)NCC(=O)N[C@@H](CC(=O)O)C(=O)N[C@@H](Cc1ccc(O)cc1)C(=O)N[C@@H](Cc1ccccc1)C(=O)N[C@@H](CCC(=O)O)C(=O)N[C@@H](Cc1c[nH]c2ccccc12)C(=O)O. The number of carboxylic acids is 4. The highest BCUT2D eigenvalue weighted by atomic mass is 16.4. The summed E-state index contributed by atoms with van der Waals surface area (Å²) in [5, 5.41) is 62.7. The van der Waals surface area contributed by atoms with Crippen LogP contribution < -0.4 is 37.6 Å². The second-order valence-electron chi connectivity index (χ2n) is 15.6. The molecular formula is C45H52N8O15. The molecule has 68 heavy (non-hydrogen) atoms. The molecule has 0 fully saturated rings. The lowest BCUT2D eigenvalue weighted by Crippen LogP contribution is -2.60. The number of hydrogen-bond donors (Lipinski definition) is 13. The number of aliphatic carboxylic acids is 4. The Morgan fingerprint density at radius 3 is 1.63 bits per heavy atom. The molecule has 0 saturated heterocycles. The maximum atomic E-state index is 14.3. The van der Waals surface area contributed by atoms with E-state index in [-0.39, 0.29) is 31.4 Å². The van der Waals surface area contributed by atoms with Crippen LogP contribution in [0.15, 0.2) is 85.1 Å². The Morgan fingerprint density at radius 1 is 0.529 bits per heavy atom. The lowest BCUT2D eigenvalue weighted by molar-refractivity contribution is -0.143. The van der Waals surface area contributed by atoms with E-state index in [9.17, 15) is 68.4 Å². The van der Waals surface area contributed by atoms with Crippen LogP contribution in [0.25, 0.3) is 10.9 Å². The zero-order valence-corrected chi connectivity index (χ0v) is 36.3. The summed E-state index contributed by atoms with van der Waals surface area (Å²) < 4.78 is 0. The summed E-state index contributed by atoms with van der Waals surface area (Å²) >= 11 is 0. The molecule has 4 aromatic rings. The Bertz CT molecular complexity index is 2460. The third-order valence-electron chi connectivity index (χ3n) is 10.4. The Kier molecular flexibility index (Phi) is 19.5. The number of fused-ring (bicyclic) bond motifs is 1. The third-order valence-corrected chi connectivity index (χ3v) is 10.4. The average Bonchev–Trinajstić information content (AvgIpc) is 3.70. The van der Waals surface area contributed by atoms with Gasteiger partial charge in [0.05, 0.1) is 19.0 Å². The van der Waals surface area contributed by atoms with Crippen molar-refractivity contribution in [2.75, 3.05) is 6.54 Å². The van der Waals surface area contributed by atoms with Gasteiger partial charge in [-0.15, -0.1) is 0 Å². The Labute approximate surface area is 387 Å². The van der Waals surface area contributed by atoms with Crippen LogP contribution in [0.1, 0.15) is 48.8 Å². The van der Waals surface area contributed by atoms with Crippen LogP contribution >= 0.6 is 0 Å². The van der Waals surface area contributed by atoms with Crippen LogP contribution in [0.5, 0.6) is 5.75 Å². The topological polar surface area (TPSA) is 386 Å². The van der Waals surface area contributed by atoms with Gasteiger partial charge in [0.15, 0.2) is 0 Å². The van der Waals surface area contributed by atoms with E-state index >= 15 is 0 Å². The lowest BCUT2D eigenvalue weighted by atomic mass is 10.0. The first kappa shape index (κ1) is 52.3. The number of carbonyl (C=O) groups is 10. The quantitative estimate of drug-likeness (QED) is 0.0343. The third kappa shape index (κ3) is 16.9. The Balaban J connectivity index is 1.58. The maximum absolute atomic E-state index is 14.3. The van der Waals surface area contributed by atoms with Crippen LogP contribution in [-0.2, 0) is 67.2 Å². The van der Waals surface area contributed by atoms with Gasteiger partial charge in [-0.2, -0.15) is 0 Å². The number of aromatic hydroxyl groups is 1. The maximum Gasteiger partial charge on any atom is 0.326 e. The normalized spacial score (nSPS) is 13.5. The minimum atomic E-state index is -1.85. The van der Waals surface area contributed by atoms with Crippen molar-refractivity contribution in [2.24, 2.45) is 5.73 Å². The van der Waals surface area contributed by atoms with Crippen LogP contribution in [0.4, 0.5) is 0 Å². The molecule has 0 radical (unpaired) electrons. The number of carbonyl (C=O) groups excluding carboxylic acids is 6. The number of rotatable bonds is 27. The molecular weight excluding hydrogens is 893 g/mol. The van der Waals surface area contributed by atoms with E-state index in [0.717, 1.165) is 0 Å². The van der Waals surface area contributed by atoms with Crippen molar-refractivity contribution in [1.82, 2.24) is 36.9 Å². The monoisotopic (exact) mass is 944 g/mol. The number of nitrogens with two attached hydrogens (primary N) is 1. The molecule has 23 heteroatoms. The summed E-state index contributed by atoms with van der Waals surface area (Å²) in [6, 6.07) is 11.1. The van der Waals surface area contributed by atoms with Crippen LogP contribution in [0.2, 0.25) is 0 Å². The van der Waals surface area contributed by atoms with E-state index in [1.807, 2.05) is 0 Å². The van der Waals surface area contributed by atoms with Crippen molar-refractivity contribution in [3.8, 4) is 5.75 Å². The molecule has 0 spiro atoms. The number of benzene rings is 3. The molecule has 0 bridgehead atoms. The predicted octanol–water partition coefficient (Wildman–Crippen LogP) is -0.942. The summed E-state index contributed by atoms with van der Waals surface area (Å²) in [7, 11) is 0. The van der Waals surface area contributed by atoms with Gasteiger partial charge in [0.1, 0.15) is 36.0 Å². The number of H-pyrrole nitrogens is 1. The fourth-order valence-corrected chi connectivity index (χ4v) is 6.82. The lowest BCUT2D eigenvalue weighted by Gasteiger charge is -2.27. The zero-order chi connectivity index (χ0) is 49.9. The molecule has 362 valence electrons. The van der Waals surface area contributed by atoms with Gasteiger partial charge >= 0.3 is 23.9 Å². The summed E-state index contributed by atoms with van der Waals surface area (Å²) in [6.45, 7) is -0.802. The number of phenols is 1. The number of aromatic amines is 1. The summed E-state index contributed by atoms with van der Waals surface area (Å²) in [5.41, 5.74) is 7.75. The van der Waals surface area contributed by atoms with Crippen molar-refractivity contribution in [1.29, 1.82) is 0 Å². The molecule has 23 nitrogen and oxygen atoms in total. The molecule has 4 rings (SSSR count). The highest BCUT2D eigenvalue weighted by Gasteiger charge is 2.34. The van der Waals surface area contributed by atoms with E-state index in [4.69, 9.17) is 10.8 Å². The first-order chi connectivity index (χ1) is 32.3. The number of hydrogen-bond acceptors (Lipinski definition) is 12. The van der Waals surface area contributed by atoms with Crippen molar-refractivity contribution in [2.45, 2.75) is 87.6 Å². The Morgan fingerprint density at radius 2 is 1.04 bits per heavy atom. The van der Waals surface area contributed by atoms with Crippen LogP contribution in [0, 0.1) is 0 Å². The number of para-hydroxylation sites is 1. The van der Waals surface area contributed by atoms with Gasteiger partial charge in [-0.3, -0.25) is 43.2 Å². The average molecular weight is 945 g/mol. The second-order valence-corrected chi connectivity index (χ2v) is 15.6. The fraction of sp³-hybridized carbons (Fsp3) is 0.333. The first-order valence-corrected chi connectivity index (χ1v) is 21.1. The van der Waals surface area contributed by atoms with Gasteiger partial charge in [-0.05, 0) is 47.7 Å². The minimum absolute atomic E-state index is 0.147. The molecule has 6 atom stereocenters. The number of aromatic nitrogens is 1. The summed E-state index contributed by atoms with van der Waals surface area (Å²) in [5.74, 6) is -11.9. The van der Waals surface area contributed by atoms with E-state index < -0.39 is 128 Å². The first-order valence-electron chi connectivity index (χ1n) is 21.1. The van der Waals surface area contributed by atoms with E-state index in [1.54, 1.807) is 60.8 Å². The van der Waals surface area contributed by atoms with Crippen molar-refractivity contribution in [3.63, 3.8) is 0 Å². The molecule has 14 N–H and O–H groups in total. The van der Waals surface area contributed by atoms with Crippen LogP contribution in [0.3, 0.4) is 0 Å². The standard InChI is InChI=1S/C45H52N8O15/c46-29(14-16-37(56)57)40(62)48-23-36(55)49-34(21-39(60)61)44(66)52-33(19-25-10-12-27(54)13-11-25)43(65)51-32(18-24-6-2-1-3-7-24)42(64)50-31(15-17-38(58)59)41(63)53-35(45(67)68)20-26-22-47-30-9-5-4-8-28(26)30/h1-13,22,29,31-35,47,54H,14-21,23,46H2,(H,48,62)(H,49,55)(H,50,64)(H,51,65)(H,52,66)(H,53,63)(H,56,57)(H,58,59)(H,60,61)(H,67,68)/t29-,31-,32-,33-,34-,35-/m0/s1. The second kappa shape index (κ2) is 25.4. The smallest absolute Gasteiger partial charge is 0.326 e. The summed E-state index contributed by atoms with van der Waals surface area (Å²) in [4.78, 5) is 131. The molecule has 3 aromatic carbocycles. The predicted molar refractivity (Wildman–Crippen MR) is 238 cm³/mol. The highest BCUT2D eigenvalue weighted by Crippen LogP contribution is 2.20. The number of phenolic OH excluding ortho intramolecular Hbond substituents is 1. The minimum Gasteiger partial charge on any atom is -0.508 e. The summed E-state index contributed by atoms with van der Waals surface area (Å²) in [6.07, 6.45) is -2.05. The van der Waals surface area contributed by atoms with Gasteiger partial charge in [0, 0.05) is 49.2 Å². The highest BCUT2D eigenvalue weighted by molar-refractivity contribution is 5.98. The van der Waals surface area contributed by atoms with Gasteiger partial charge in [-0.1, -0.05) is 60.7 Å². The van der Waals surface area contributed by atoms with Gasteiger partial charge in [0.25, 0.3) is 0 Å². The van der Waals surface area contributed by atoms with Gasteiger partial charge in [0.2, 0.25) is 35.4 Å². The molecule has 1 heterocycles. The number of nitrogens with one attached hydrogen (secondary N) is 7. The number of amides is 6. The van der Waals surface area contributed by atoms with Crippen molar-refractivity contribution in [3.05, 3.63) is 102 Å². The van der Waals surface area contributed by atoms with Crippen LogP contribution in [-0.4, -0.2) is 133 Å². The molecule has 0 unspecified atom stereocenters. The van der Waals surface area contributed by atoms with E-state index in [1.165, 1.54) is 24.3 Å². The number of carboxylic acid groups (broad SMARTS) is 4. The Hall–Kier alpha value is -8.34. The largest absolute Gasteiger partial charge is 0.508 e. The molecule has 1 aromatic heterocycles.